The lowest BCUT2D eigenvalue weighted by Crippen LogP contribution is -2.14. The third-order valence-electron chi connectivity index (χ3n) is 2.78. The fourth-order valence-corrected chi connectivity index (χ4v) is 2.58. The topological polar surface area (TPSA) is 20.2 Å². The Hall–Kier alpha value is -1.33. The average molecular weight is 286 g/mol. The van der Waals surface area contributed by atoms with Crippen molar-refractivity contribution in [3.05, 3.63) is 57.8 Å². The fourth-order valence-electron chi connectivity index (χ4n) is 1.90. The molecular formula is C14H13F3OS. The lowest BCUT2D eigenvalue weighted by Gasteiger charge is -2.12. The first kappa shape index (κ1) is 14.1. The standard InChI is InChI=1S/C14H13F3OS/c15-14(16,17)12-3-1-2-10(6-12)7-13(18)8-11-4-5-19-9-11/h1-6,9,13,18H,7-8H2. The Morgan fingerprint density at radius 2 is 1.84 bits per heavy atom. The molecule has 102 valence electrons. The van der Waals surface area contributed by atoms with Gasteiger partial charge >= 0.3 is 6.18 Å². The van der Waals surface area contributed by atoms with Crippen LogP contribution < -0.4 is 0 Å². The van der Waals surface area contributed by atoms with Gasteiger partial charge in [-0.1, -0.05) is 18.2 Å². The van der Waals surface area contributed by atoms with E-state index in [1.807, 2.05) is 16.8 Å². The molecule has 0 saturated heterocycles. The van der Waals surface area contributed by atoms with Gasteiger partial charge in [-0.25, -0.2) is 0 Å². The Kier molecular flexibility index (Phi) is 4.27. The summed E-state index contributed by atoms with van der Waals surface area (Å²) in [6.07, 6.45) is -4.33. The van der Waals surface area contributed by atoms with Gasteiger partial charge in [-0.3, -0.25) is 0 Å². The molecule has 2 rings (SSSR count). The molecule has 5 heteroatoms. The molecule has 0 bridgehead atoms. The molecule has 0 amide bonds. The minimum absolute atomic E-state index is 0.222. The lowest BCUT2D eigenvalue weighted by atomic mass is 10.0. The average Bonchev–Trinajstić information content (AvgIpc) is 2.80. The third-order valence-corrected chi connectivity index (χ3v) is 3.51. The Morgan fingerprint density at radius 3 is 2.47 bits per heavy atom. The zero-order valence-corrected chi connectivity index (χ0v) is 10.8. The molecule has 1 atom stereocenters. The van der Waals surface area contributed by atoms with E-state index in [1.54, 1.807) is 6.07 Å². The number of rotatable bonds is 4. The molecule has 0 saturated carbocycles. The number of hydrogen-bond acceptors (Lipinski definition) is 2. The monoisotopic (exact) mass is 286 g/mol. The predicted octanol–water partition coefficient (Wildman–Crippen LogP) is 3.91. The van der Waals surface area contributed by atoms with Gasteiger partial charge in [0, 0.05) is 0 Å². The first-order chi connectivity index (χ1) is 8.95. The van der Waals surface area contributed by atoms with Gasteiger partial charge in [0.2, 0.25) is 0 Å². The molecule has 0 aliphatic rings. The van der Waals surface area contributed by atoms with Crippen molar-refractivity contribution < 1.29 is 18.3 Å². The van der Waals surface area contributed by atoms with Gasteiger partial charge in [0.25, 0.3) is 0 Å². The van der Waals surface area contributed by atoms with Crippen LogP contribution in [0.5, 0.6) is 0 Å². The molecule has 0 fully saturated rings. The molecule has 1 heterocycles. The highest BCUT2D eigenvalue weighted by Gasteiger charge is 2.30. The van der Waals surface area contributed by atoms with Crippen molar-refractivity contribution in [1.82, 2.24) is 0 Å². The van der Waals surface area contributed by atoms with Gasteiger partial charge in [0.15, 0.2) is 0 Å². The molecular weight excluding hydrogens is 273 g/mol. The Balaban J connectivity index is 2.03. The first-order valence-corrected chi connectivity index (χ1v) is 6.75. The molecule has 0 spiro atoms. The quantitative estimate of drug-likeness (QED) is 0.903. The molecule has 1 N–H and O–H groups in total. The predicted molar refractivity (Wildman–Crippen MR) is 69.2 cm³/mol. The van der Waals surface area contributed by atoms with Crippen molar-refractivity contribution in [2.24, 2.45) is 0 Å². The fraction of sp³-hybridized carbons (Fsp3) is 0.286. The molecule has 2 aromatic rings. The number of aliphatic hydroxyl groups excluding tert-OH is 1. The summed E-state index contributed by atoms with van der Waals surface area (Å²) in [5.74, 6) is 0. The number of hydrogen-bond donors (Lipinski definition) is 1. The van der Waals surface area contributed by atoms with Crippen LogP contribution in [-0.4, -0.2) is 11.2 Å². The van der Waals surface area contributed by atoms with Crippen LogP contribution in [0.1, 0.15) is 16.7 Å². The van der Waals surface area contributed by atoms with E-state index < -0.39 is 17.8 Å². The number of alkyl halides is 3. The molecule has 1 aromatic heterocycles. The van der Waals surface area contributed by atoms with Crippen LogP contribution in [0.4, 0.5) is 13.2 Å². The SMILES string of the molecule is OC(Cc1ccsc1)Cc1cccc(C(F)(F)F)c1. The largest absolute Gasteiger partial charge is 0.416 e. The van der Waals surface area contributed by atoms with E-state index >= 15 is 0 Å². The van der Waals surface area contributed by atoms with Gasteiger partial charge in [0.1, 0.15) is 0 Å². The summed E-state index contributed by atoms with van der Waals surface area (Å²) < 4.78 is 37.6. The Labute approximate surface area is 113 Å². The highest BCUT2D eigenvalue weighted by molar-refractivity contribution is 7.07. The molecule has 1 aromatic carbocycles. The van der Waals surface area contributed by atoms with E-state index in [4.69, 9.17) is 0 Å². The molecule has 1 unspecified atom stereocenters. The maximum absolute atomic E-state index is 12.5. The van der Waals surface area contributed by atoms with Crippen molar-refractivity contribution in [1.29, 1.82) is 0 Å². The zero-order valence-electron chi connectivity index (χ0n) is 10.0. The zero-order chi connectivity index (χ0) is 13.9. The minimum Gasteiger partial charge on any atom is -0.392 e. The van der Waals surface area contributed by atoms with Gasteiger partial charge in [-0.15, -0.1) is 0 Å². The van der Waals surface area contributed by atoms with Crippen LogP contribution >= 0.6 is 11.3 Å². The van der Waals surface area contributed by atoms with Crippen LogP contribution in [-0.2, 0) is 19.0 Å². The van der Waals surface area contributed by atoms with Crippen molar-refractivity contribution in [2.45, 2.75) is 25.1 Å². The van der Waals surface area contributed by atoms with E-state index in [-0.39, 0.29) is 6.42 Å². The Morgan fingerprint density at radius 1 is 1.11 bits per heavy atom. The maximum atomic E-state index is 12.5. The number of halogens is 3. The molecule has 1 nitrogen and oxygen atoms in total. The second-order valence-corrected chi connectivity index (χ2v) is 5.17. The van der Waals surface area contributed by atoms with Crippen LogP contribution in [0.25, 0.3) is 0 Å². The molecule has 0 aliphatic carbocycles. The normalized spacial score (nSPS) is 13.5. The Bertz CT molecular complexity index is 520. The van der Waals surface area contributed by atoms with E-state index in [2.05, 4.69) is 0 Å². The summed E-state index contributed by atoms with van der Waals surface area (Å²) in [6, 6.07) is 7.01. The molecule has 0 radical (unpaired) electrons. The van der Waals surface area contributed by atoms with Crippen LogP contribution in [0.3, 0.4) is 0 Å². The third kappa shape index (κ3) is 4.08. The van der Waals surface area contributed by atoms with E-state index in [0.717, 1.165) is 17.7 Å². The number of aliphatic hydroxyl groups is 1. The van der Waals surface area contributed by atoms with Crippen LogP contribution in [0, 0.1) is 0 Å². The van der Waals surface area contributed by atoms with Crippen molar-refractivity contribution in [2.75, 3.05) is 0 Å². The number of benzene rings is 1. The summed E-state index contributed by atoms with van der Waals surface area (Å²) in [5, 5.41) is 13.7. The van der Waals surface area contributed by atoms with Crippen LogP contribution in [0.15, 0.2) is 41.1 Å². The molecule has 0 aliphatic heterocycles. The second-order valence-electron chi connectivity index (χ2n) is 4.39. The van der Waals surface area contributed by atoms with E-state index in [0.29, 0.717) is 12.0 Å². The van der Waals surface area contributed by atoms with Crippen LogP contribution in [0.2, 0.25) is 0 Å². The van der Waals surface area contributed by atoms with Crippen molar-refractivity contribution in [3.63, 3.8) is 0 Å². The smallest absolute Gasteiger partial charge is 0.392 e. The summed E-state index contributed by atoms with van der Waals surface area (Å²) >= 11 is 1.53. The van der Waals surface area contributed by atoms with Gasteiger partial charge in [-0.2, -0.15) is 24.5 Å². The van der Waals surface area contributed by atoms with Crippen molar-refractivity contribution in [3.8, 4) is 0 Å². The van der Waals surface area contributed by atoms with Gasteiger partial charge in [-0.05, 0) is 46.9 Å². The van der Waals surface area contributed by atoms with E-state index in [1.165, 1.54) is 17.4 Å². The summed E-state index contributed by atoms with van der Waals surface area (Å²) in [6.45, 7) is 0. The minimum atomic E-state index is -4.34. The maximum Gasteiger partial charge on any atom is 0.416 e. The molecule has 19 heavy (non-hydrogen) atoms. The summed E-state index contributed by atoms with van der Waals surface area (Å²) in [7, 11) is 0. The highest BCUT2D eigenvalue weighted by Crippen LogP contribution is 2.29. The van der Waals surface area contributed by atoms with E-state index in [9.17, 15) is 18.3 Å². The number of thiophene rings is 1. The first-order valence-electron chi connectivity index (χ1n) is 5.80. The highest BCUT2D eigenvalue weighted by atomic mass is 32.1. The summed E-state index contributed by atoms with van der Waals surface area (Å²) in [5.41, 5.74) is 0.828. The summed E-state index contributed by atoms with van der Waals surface area (Å²) in [4.78, 5) is 0. The second kappa shape index (κ2) is 5.75. The lowest BCUT2D eigenvalue weighted by molar-refractivity contribution is -0.137. The van der Waals surface area contributed by atoms with Gasteiger partial charge < -0.3 is 5.11 Å². The van der Waals surface area contributed by atoms with Crippen molar-refractivity contribution >= 4 is 11.3 Å². The van der Waals surface area contributed by atoms with Gasteiger partial charge in [0.05, 0.1) is 11.7 Å².